The molecule has 0 saturated heterocycles. The van der Waals surface area contributed by atoms with Gasteiger partial charge in [-0.3, -0.25) is 4.98 Å². The molecule has 0 radical (unpaired) electrons. The van der Waals surface area contributed by atoms with Crippen LogP contribution in [0.2, 0.25) is 0 Å². The third-order valence-electron chi connectivity index (χ3n) is 5.08. The number of nitrogens with zero attached hydrogens (tertiary/aromatic N) is 4. The van der Waals surface area contributed by atoms with Crippen molar-refractivity contribution >= 4 is 29.2 Å². The van der Waals surface area contributed by atoms with Gasteiger partial charge in [-0.25, -0.2) is 14.6 Å². The smallest absolute Gasteiger partial charge is 0.435 e. The van der Waals surface area contributed by atoms with E-state index in [9.17, 15) is 9.59 Å². The normalized spacial score (nSPS) is 13.0. The summed E-state index contributed by atoms with van der Waals surface area (Å²) < 4.78 is 17.5. The average molecular weight is 510 g/mol. The third-order valence-corrected chi connectivity index (χ3v) is 5.08. The van der Waals surface area contributed by atoms with Crippen molar-refractivity contribution in [3.63, 3.8) is 0 Å². The van der Waals surface area contributed by atoms with Gasteiger partial charge in [0, 0.05) is 28.8 Å². The summed E-state index contributed by atoms with van der Waals surface area (Å²) in [4.78, 5) is 34.2. The quantitative estimate of drug-likeness (QED) is 0.451. The van der Waals surface area contributed by atoms with Gasteiger partial charge in [0.2, 0.25) is 5.88 Å². The molecule has 198 valence electrons. The van der Waals surface area contributed by atoms with Crippen molar-refractivity contribution in [2.45, 2.75) is 72.6 Å². The molecule has 0 aliphatic rings. The van der Waals surface area contributed by atoms with E-state index >= 15 is 0 Å². The number of nitrogens with one attached hydrogen (secondary N) is 1. The number of amides is 1. The van der Waals surface area contributed by atoms with Gasteiger partial charge in [-0.1, -0.05) is 6.08 Å². The van der Waals surface area contributed by atoms with E-state index in [1.54, 1.807) is 60.0 Å². The summed E-state index contributed by atoms with van der Waals surface area (Å²) in [5, 5.41) is 8.03. The van der Waals surface area contributed by atoms with Crippen LogP contribution in [-0.2, 0) is 9.47 Å². The number of hydrogen-bond donors (Lipinski definition) is 1. The molecule has 10 heteroatoms. The standard InChI is InChI=1S/C27H35N5O5/c1-10-11-20-18-12-21(28-15-22(18)32(31-20)25(34)37-27(6,7)8)17-13-23(35-9)29-14-19(17)16(2)30-24(33)36-26(3,4)5/h10-16H,1-9H3,(H,30,33)/b11-10+/t16-/m1/s1. The minimum Gasteiger partial charge on any atom is -0.481 e. The number of hydrogen-bond acceptors (Lipinski definition) is 8. The van der Waals surface area contributed by atoms with Gasteiger partial charge in [0.25, 0.3) is 0 Å². The summed E-state index contributed by atoms with van der Waals surface area (Å²) in [6, 6.07) is 3.15. The van der Waals surface area contributed by atoms with E-state index in [4.69, 9.17) is 14.2 Å². The second-order valence-electron chi connectivity index (χ2n) is 10.5. The number of rotatable bonds is 5. The van der Waals surface area contributed by atoms with E-state index in [1.807, 2.05) is 32.1 Å². The molecule has 0 bridgehead atoms. The minimum absolute atomic E-state index is 0.392. The molecule has 3 heterocycles. The Morgan fingerprint density at radius 1 is 1.03 bits per heavy atom. The molecule has 10 nitrogen and oxygen atoms in total. The summed E-state index contributed by atoms with van der Waals surface area (Å²) >= 11 is 0. The highest BCUT2D eigenvalue weighted by atomic mass is 16.6. The van der Waals surface area contributed by atoms with Crippen LogP contribution in [-0.4, -0.2) is 50.2 Å². The first kappa shape index (κ1) is 27.6. The lowest BCUT2D eigenvalue weighted by Gasteiger charge is -2.23. The molecule has 3 aromatic heterocycles. The maximum atomic E-state index is 12.8. The first-order valence-corrected chi connectivity index (χ1v) is 12.0. The minimum atomic E-state index is -0.677. The Kier molecular flexibility index (Phi) is 7.90. The maximum absolute atomic E-state index is 12.8. The van der Waals surface area contributed by atoms with E-state index in [0.717, 1.165) is 0 Å². The molecule has 0 aromatic carbocycles. The molecule has 1 N–H and O–H groups in total. The van der Waals surface area contributed by atoms with Crippen molar-refractivity contribution in [3.05, 3.63) is 41.9 Å². The number of aromatic nitrogens is 4. The van der Waals surface area contributed by atoms with Crippen LogP contribution in [0.3, 0.4) is 0 Å². The zero-order chi connectivity index (χ0) is 27.5. The average Bonchev–Trinajstić information content (AvgIpc) is 3.14. The topological polar surface area (TPSA) is 117 Å². The van der Waals surface area contributed by atoms with Crippen molar-refractivity contribution < 1.29 is 23.8 Å². The molecule has 1 atom stereocenters. The molecule has 0 aliphatic heterocycles. The van der Waals surface area contributed by atoms with Crippen LogP contribution < -0.4 is 10.1 Å². The molecule has 0 fully saturated rings. The van der Waals surface area contributed by atoms with Gasteiger partial charge in [0.15, 0.2) is 0 Å². The fourth-order valence-corrected chi connectivity index (χ4v) is 3.60. The first-order chi connectivity index (χ1) is 17.2. The van der Waals surface area contributed by atoms with Crippen LogP contribution in [0.5, 0.6) is 5.88 Å². The number of carbonyl (C=O) groups excluding carboxylic acids is 2. The van der Waals surface area contributed by atoms with Crippen LogP contribution in [0.1, 0.15) is 72.7 Å². The molecule has 3 aromatic rings. The van der Waals surface area contributed by atoms with Gasteiger partial charge in [-0.2, -0.15) is 9.78 Å². The lowest BCUT2D eigenvalue weighted by Crippen LogP contribution is -2.34. The SMILES string of the molecule is C/C=C/c1nn(C(=O)OC(C)(C)C)c2cnc(-c3cc(OC)ncc3[C@@H](C)NC(=O)OC(C)(C)C)cc12. The Balaban J connectivity index is 2.10. The summed E-state index contributed by atoms with van der Waals surface area (Å²) in [5.41, 5.74) is 1.80. The van der Waals surface area contributed by atoms with Crippen LogP contribution in [0.15, 0.2) is 30.6 Å². The number of pyridine rings is 2. The Bertz CT molecular complexity index is 1330. The summed E-state index contributed by atoms with van der Waals surface area (Å²) in [5.74, 6) is 0.392. The van der Waals surface area contributed by atoms with E-state index in [-0.39, 0.29) is 0 Å². The van der Waals surface area contributed by atoms with Crippen LogP contribution in [0, 0.1) is 0 Å². The zero-order valence-electron chi connectivity index (χ0n) is 22.9. The number of allylic oxidation sites excluding steroid dienone is 1. The van der Waals surface area contributed by atoms with Gasteiger partial charge in [0.1, 0.15) is 11.2 Å². The highest BCUT2D eigenvalue weighted by molar-refractivity contribution is 5.94. The number of methoxy groups -OCH3 is 1. The Hall–Kier alpha value is -3.95. The Morgan fingerprint density at radius 3 is 2.30 bits per heavy atom. The summed E-state index contributed by atoms with van der Waals surface area (Å²) in [7, 11) is 1.53. The molecule has 0 aliphatic carbocycles. The van der Waals surface area contributed by atoms with Crippen LogP contribution >= 0.6 is 0 Å². The van der Waals surface area contributed by atoms with Crippen molar-refractivity contribution in [1.82, 2.24) is 25.1 Å². The van der Waals surface area contributed by atoms with Crippen LogP contribution in [0.4, 0.5) is 9.59 Å². The molecule has 0 unspecified atom stereocenters. The van der Waals surface area contributed by atoms with Gasteiger partial charge in [-0.15, -0.1) is 0 Å². The van der Waals surface area contributed by atoms with Gasteiger partial charge in [0.05, 0.1) is 36.3 Å². The van der Waals surface area contributed by atoms with E-state index in [0.29, 0.717) is 39.3 Å². The lowest BCUT2D eigenvalue weighted by atomic mass is 10.00. The molecule has 3 rings (SSSR count). The number of carbonyl (C=O) groups is 2. The molecule has 37 heavy (non-hydrogen) atoms. The van der Waals surface area contributed by atoms with Crippen molar-refractivity contribution in [1.29, 1.82) is 0 Å². The lowest BCUT2D eigenvalue weighted by molar-refractivity contribution is 0.0501. The predicted octanol–water partition coefficient (Wildman–Crippen LogP) is 5.90. The molecule has 0 saturated carbocycles. The third kappa shape index (κ3) is 6.84. The van der Waals surface area contributed by atoms with E-state index < -0.39 is 29.4 Å². The zero-order valence-corrected chi connectivity index (χ0v) is 22.9. The second-order valence-corrected chi connectivity index (χ2v) is 10.5. The molecular formula is C27H35N5O5. The number of alkyl carbamates (subject to hydrolysis) is 1. The monoisotopic (exact) mass is 509 g/mol. The maximum Gasteiger partial charge on any atom is 0.435 e. The highest BCUT2D eigenvalue weighted by Crippen LogP contribution is 2.32. The van der Waals surface area contributed by atoms with E-state index in [1.165, 1.54) is 11.8 Å². The summed E-state index contributed by atoms with van der Waals surface area (Å²) in [6.07, 6.45) is 5.74. The Labute approximate surface area is 217 Å². The molecular weight excluding hydrogens is 474 g/mol. The van der Waals surface area contributed by atoms with Crippen LogP contribution in [0.25, 0.3) is 28.2 Å². The fourth-order valence-electron chi connectivity index (χ4n) is 3.60. The van der Waals surface area contributed by atoms with Gasteiger partial charge >= 0.3 is 12.2 Å². The summed E-state index contributed by atoms with van der Waals surface area (Å²) in [6.45, 7) is 14.5. The van der Waals surface area contributed by atoms with Gasteiger partial charge in [-0.05, 0) is 67.5 Å². The first-order valence-electron chi connectivity index (χ1n) is 12.0. The van der Waals surface area contributed by atoms with Gasteiger partial charge < -0.3 is 19.5 Å². The molecule has 1 amide bonds. The van der Waals surface area contributed by atoms with Crippen molar-refractivity contribution in [2.75, 3.05) is 7.11 Å². The largest absolute Gasteiger partial charge is 0.481 e. The van der Waals surface area contributed by atoms with E-state index in [2.05, 4.69) is 20.4 Å². The number of fused-ring (bicyclic) bond motifs is 1. The Morgan fingerprint density at radius 2 is 1.70 bits per heavy atom. The van der Waals surface area contributed by atoms with Crippen molar-refractivity contribution in [3.8, 4) is 17.1 Å². The number of ether oxygens (including phenoxy) is 3. The van der Waals surface area contributed by atoms with Crippen molar-refractivity contribution in [2.24, 2.45) is 0 Å². The predicted molar refractivity (Wildman–Crippen MR) is 141 cm³/mol. The highest BCUT2D eigenvalue weighted by Gasteiger charge is 2.24. The second kappa shape index (κ2) is 10.6. The molecule has 0 spiro atoms. The fraction of sp³-hybridized carbons (Fsp3) is 0.444.